The van der Waals surface area contributed by atoms with Crippen LogP contribution in [0.25, 0.3) is 0 Å². The maximum Gasteiger partial charge on any atom is 0.255 e. The molecule has 1 amide bonds. The third kappa shape index (κ3) is 6.41. The maximum absolute atomic E-state index is 12.5. The molecule has 0 aliphatic rings. The zero-order valence-corrected chi connectivity index (χ0v) is 18.1. The van der Waals surface area contributed by atoms with E-state index < -0.39 is 10.0 Å². The number of ether oxygens (including phenoxy) is 1. The summed E-state index contributed by atoms with van der Waals surface area (Å²) in [6.07, 6.45) is 0. The molecule has 0 heterocycles. The van der Waals surface area contributed by atoms with Crippen LogP contribution in [0.3, 0.4) is 0 Å². The van der Waals surface area contributed by atoms with Crippen LogP contribution in [0.2, 0.25) is 5.02 Å². The summed E-state index contributed by atoms with van der Waals surface area (Å²) < 4.78 is 32.8. The molecule has 0 atom stereocenters. The van der Waals surface area contributed by atoms with Crippen LogP contribution in [-0.4, -0.2) is 40.3 Å². The zero-order valence-electron chi connectivity index (χ0n) is 15.7. The number of hydrogen-bond acceptors (Lipinski definition) is 5. The van der Waals surface area contributed by atoms with E-state index in [4.69, 9.17) is 16.3 Å². The lowest BCUT2D eigenvalue weighted by molar-refractivity contribution is 0.0952. The molecule has 2 aromatic carbocycles. The minimum atomic E-state index is -3.72. The second-order valence-corrected chi connectivity index (χ2v) is 9.11. The summed E-state index contributed by atoms with van der Waals surface area (Å²) in [5, 5.41) is 3.34. The Labute approximate surface area is 175 Å². The lowest BCUT2D eigenvalue weighted by atomic mass is 10.2. The molecule has 2 N–H and O–H groups in total. The summed E-state index contributed by atoms with van der Waals surface area (Å²) in [5.74, 6) is 1.32. The number of sulfonamides is 1. The predicted octanol–water partition coefficient (Wildman–Crippen LogP) is 3.31. The fraction of sp³-hybridized carbons (Fsp3) is 0.316. The molecule has 0 aliphatic carbocycles. The molecular formula is C19H23ClN2O4S2. The molecule has 0 aromatic heterocycles. The van der Waals surface area contributed by atoms with Crippen LogP contribution >= 0.6 is 23.4 Å². The molecule has 0 saturated heterocycles. The molecule has 0 fully saturated rings. The summed E-state index contributed by atoms with van der Waals surface area (Å²) in [4.78, 5) is 12.2. The van der Waals surface area contributed by atoms with Crippen LogP contribution in [0, 0.1) is 0 Å². The highest BCUT2D eigenvalue weighted by Crippen LogP contribution is 2.22. The fourth-order valence-electron chi connectivity index (χ4n) is 2.39. The standard InChI is InChI=1S/C19H23ClN2O4S2/c1-3-21-19(23)17-12-16(8-9-18(17)26-2)28(24,25)22-10-11-27-13-14-4-6-15(20)7-5-14/h4-9,12,22H,3,10-11,13H2,1-2H3,(H,21,23). The van der Waals surface area contributed by atoms with Crippen molar-refractivity contribution in [3.05, 3.63) is 58.6 Å². The highest BCUT2D eigenvalue weighted by atomic mass is 35.5. The molecular weight excluding hydrogens is 420 g/mol. The van der Waals surface area contributed by atoms with Gasteiger partial charge in [-0.05, 0) is 42.8 Å². The van der Waals surface area contributed by atoms with Gasteiger partial charge in [0.25, 0.3) is 5.91 Å². The number of methoxy groups -OCH3 is 1. The number of rotatable bonds is 10. The first-order valence-electron chi connectivity index (χ1n) is 8.65. The van der Waals surface area contributed by atoms with Crippen LogP contribution in [0.4, 0.5) is 0 Å². The first-order chi connectivity index (χ1) is 13.4. The fourth-order valence-corrected chi connectivity index (χ4v) is 4.52. The average molecular weight is 443 g/mol. The number of nitrogens with one attached hydrogen (secondary N) is 2. The molecule has 152 valence electrons. The van der Waals surface area contributed by atoms with E-state index in [-0.39, 0.29) is 22.9 Å². The molecule has 0 bridgehead atoms. The maximum atomic E-state index is 12.5. The Morgan fingerprint density at radius 1 is 1.18 bits per heavy atom. The Morgan fingerprint density at radius 3 is 2.54 bits per heavy atom. The van der Waals surface area contributed by atoms with Crippen LogP contribution in [0.15, 0.2) is 47.4 Å². The molecule has 0 aliphatic heterocycles. The summed E-state index contributed by atoms with van der Waals surface area (Å²) in [7, 11) is -2.29. The summed E-state index contributed by atoms with van der Waals surface area (Å²) in [6.45, 7) is 2.50. The van der Waals surface area contributed by atoms with E-state index in [1.54, 1.807) is 18.7 Å². The van der Waals surface area contributed by atoms with Crippen LogP contribution in [0.1, 0.15) is 22.8 Å². The molecule has 0 unspecified atom stereocenters. The SMILES string of the molecule is CCNC(=O)c1cc(S(=O)(=O)NCCSCc2ccc(Cl)cc2)ccc1OC. The Balaban J connectivity index is 1.95. The first kappa shape index (κ1) is 22.5. The van der Waals surface area contributed by atoms with E-state index in [0.29, 0.717) is 23.1 Å². The second kappa shape index (κ2) is 10.7. The van der Waals surface area contributed by atoms with Gasteiger partial charge in [0.2, 0.25) is 10.0 Å². The van der Waals surface area contributed by atoms with Gasteiger partial charge in [-0.2, -0.15) is 11.8 Å². The predicted molar refractivity (Wildman–Crippen MR) is 114 cm³/mol. The lowest BCUT2D eigenvalue weighted by Crippen LogP contribution is -2.27. The number of amides is 1. The van der Waals surface area contributed by atoms with Gasteiger partial charge in [-0.25, -0.2) is 13.1 Å². The van der Waals surface area contributed by atoms with Gasteiger partial charge in [-0.15, -0.1) is 0 Å². The van der Waals surface area contributed by atoms with E-state index in [9.17, 15) is 13.2 Å². The van der Waals surface area contributed by atoms with Crippen molar-refractivity contribution in [1.29, 1.82) is 0 Å². The first-order valence-corrected chi connectivity index (χ1v) is 11.7. The van der Waals surface area contributed by atoms with Gasteiger partial charge in [0.15, 0.2) is 0 Å². The molecule has 6 nitrogen and oxygen atoms in total. The minimum Gasteiger partial charge on any atom is -0.496 e. The van der Waals surface area contributed by atoms with Gasteiger partial charge in [0, 0.05) is 29.6 Å². The quantitative estimate of drug-likeness (QED) is 0.551. The van der Waals surface area contributed by atoms with Gasteiger partial charge in [0.05, 0.1) is 17.6 Å². The molecule has 28 heavy (non-hydrogen) atoms. The van der Waals surface area contributed by atoms with Crippen molar-refractivity contribution in [2.45, 2.75) is 17.6 Å². The van der Waals surface area contributed by atoms with E-state index in [0.717, 1.165) is 11.3 Å². The molecule has 2 aromatic rings. The number of carbonyl (C=O) groups is 1. The molecule has 0 radical (unpaired) electrons. The second-order valence-electron chi connectivity index (χ2n) is 5.80. The van der Waals surface area contributed by atoms with Crippen molar-refractivity contribution >= 4 is 39.3 Å². The van der Waals surface area contributed by atoms with Gasteiger partial charge < -0.3 is 10.1 Å². The lowest BCUT2D eigenvalue weighted by Gasteiger charge is -2.12. The van der Waals surface area contributed by atoms with Crippen molar-refractivity contribution in [3.63, 3.8) is 0 Å². The Bertz CT molecular complexity index is 903. The van der Waals surface area contributed by atoms with Gasteiger partial charge in [0.1, 0.15) is 5.75 Å². The van der Waals surface area contributed by atoms with Crippen molar-refractivity contribution in [1.82, 2.24) is 10.0 Å². The third-order valence-electron chi connectivity index (χ3n) is 3.78. The summed E-state index contributed by atoms with van der Waals surface area (Å²) in [6, 6.07) is 11.8. The van der Waals surface area contributed by atoms with Crippen molar-refractivity contribution in [3.8, 4) is 5.75 Å². The van der Waals surface area contributed by atoms with Crippen LogP contribution < -0.4 is 14.8 Å². The average Bonchev–Trinajstić information content (AvgIpc) is 2.68. The number of thioether (sulfide) groups is 1. The van der Waals surface area contributed by atoms with Crippen molar-refractivity contribution < 1.29 is 17.9 Å². The molecule has 0 spiro atoms. The Kier molecular flexibility index (Phi) is 8.62. The third-order valence-corrected chi connectivity index (χ3v) is 6.52. The smallest absolute Gasteiger partial charge is 0.255 e. The summed E-state index contributed by atoms with van der Waals surface area (Å²) in [5.41, 5.74) is 1.31. The van der Waals surface area contributed by atoms with E-state index in [2.05, 4.69) is 10.0 Å². The Morgan fingerprint density at radius 2 is 1.89 bits per heavy atom. The molecule has 9 heteroatoms. The van der Waals surface area contributed by atoms with E-state index >= 15 is 0 Å². The highest BCUT2D eigenvalue weighted by molar-refractivity contribution is 7.98. The van der Waals surface area contributed by atoms with Gasteiger partial charge in [-0.1, -0.05) is 23.7 Å². The zero-order chi connectivity index (χ0) is 20.6. The van der Waals surface area contributed by atoms with Crippen molar-refractivity contribution in [2.24, 2.45) is 0 Å². The van der Waals surface area contributed by atoms with Gasteiger partial charge >= 0.3 is 0 Å². The topological polar surface area (TPSA) is 84.5 Å². The van der Waals surface area contributed by atoms with E-state index in [1.165, 1.54) is 25.3 Å². The number of carbonyl (C=O) groups excluding carboxylic acids is 1. The number of benzene rings is 2. The summed E-state index contributed by atoms with van der Waals surface area (Å²) >= 11 is 7.47. The largest absolute Gasteiger partial charge is 0.496 e. The number of halogens is 1. The van der Waals surface area contributed by atoms with Gasteiger partial charge in [-0.3, -0.25) is 4.79 Å². The minimum absolute atomic E-state index is 0.0252. The normalized spacial score (nSPS) is 11.2. The van der Waals surface area contributed by atoms with Crippen LogP contribution in [0.5, 0.6) is 5.75 Å². The monoisotopic (exact) mass is 442 g/mol. The molecule has 2 rings (SSSR count). The number of hydrogen-bond donors (Lipinski definition) is 2. The van der Waals surface area contributed by atoms with Crippen molar-refractivity contribution in [2.75, 3.05) is 26.0 Å². The Hall–Kier alpha value is -1.74. The van der Waals surface area contributed by atoms with E-state index in [1.807, 2.05) is 24.3 Å². The molecule has 0 saturated carbocycles. The highest BCUT2D eigenvalue weighted by Gasteiger charge is 2.19. The van der Waals surface area contributed by atoms with Crippen LogP contribution in [-0.2, 0) is 15.8 Å².